The zero-order chi connectivity index (χ0) is 16.8. The van der Waals surface area contributed by atoms with Crippen molar-refractivity contribution in [1.82, 2.24) is 15.3 Å². The summed E-state index contributed by atoms with van der Waals surface area (Å²) in [6, 6.07) is 13.2. The summed E-state index contributed by atoms with van der Waals surface area (Å²) in [5, 5.41) is 9.04. The summed E-state index contributed by atoms with van der Waals surface area (Å²) >= 11 is 1.58. The summed E-state index contributed by atoms with van der Waals surface area (Å²) in [4.78, 5) is 20.6. The van der Waals surface area contributed by atoms with Crippen LogP contribution < -0.4 is 10.6 Å². The van der Waals surface area contributed by atoms with Crippen molar-refractivity contribution in [3.05, 3.63) is 65.3 Å². The summed E-state index contributed by atoms with van der Waals surface area (Å²) in [6.07, 6.45) is 1.77. The summed E-state index contributed by atoms with van der Waals surface area (Å²) in [7, 11) is 0. The number of hydrogen-bond acceptors (Lipinski definition) is 5. The van der Waals surface area contributed by atoms with Crippen LogP contribution in [0.1, 0.15) is 23.0 Å². The Kier molecular flexibility index (Phi) is 5.18. The van der Waals surface area contributed by atoms with Crippen molar-refractivity contribution in [2.24, 2.45) is 0 Å². The largest absolute Gasteiger partial charge is 0.379 e. The van der Waals surface area contributed by atoms with Crippen molar-refractivity contribution in [2.75, 3.05) is 11.9 Å². The zero-order valence-electron chi connectivity index (χ0n) is 13.3. The van der Waals surface area contributed by atoms with Crippen LogP contribution >= 0.6 is 11.3 Å². The Hall–Kier alpha value is -2.73. The molecule has 0 unspecified atom stereocenters. The highest BCUT2D eigenvalue weighted by Gasteiger charge is 2.06. The van der Waals surface area contributed by atoms with Crippen LogP contribution in [0.5, 0.6) is 0 Å². The molecule has 3 rings (SSSR count). The van der Waals surface area contributed by atoms with E-state index in [-0.39, 0.29) is 5.91 Å². The predicted molar refractivity (Wildman–Crippen MR) is 97.1 cm³/mol. The van der Waals surface area contributed by atoms with Gasteiger partial charge in [0.1, 0.15) is 5.01 Å². The lowest BCUT2D eigenvalue weighted by Crippen LogP contribution is -2.22. The second kappa shape index (κ2) is 7.70. The predicted octanol–water partition coefficient (Wildman–Crippen LogP) is 3.57. The molecule has 0 aliphatic rings. The van der Waals surface area contributed by atoms with Crippen LogP contribution in [0.25, 0.3) is 10.7 Å². The number of rotatable bonds is 6. The van der Waals surface area contributed by atoms with Gasteiger partial charge in [-0.05, 0) is 43.3 Å². The van der Waals surface area contributed by atoms with E-state index in [4.69, 9.17) is 0 Å². The third kappa shape index (κ3) is 3.97. The SMILES string of the molecule is CCNC(=O)c1ccc(NCc2csc(-c3ccccn3)n2)cc1. The van der Waals surface area contributed by atoms with Gasteiger partial charge in [-0.1, -0.05) is 6.07 Å². The maximum Gasteiger partial charge on any atom is 0.251 e. The fraction of sp³-hybridized carbons (Fsp3) is 0.167. The van der Waals surface area contributed by atoms with Crippen LogP contribution in [0.4, 0.5) is 5.69 Å². The highest BCUT2D eigenvalue weighted by atomic mass is 32.1. The fourth-order valence-electron chi connectivity index (χ4n) is 2.19. The van der Waals surface area contributed by atoms with Gasteiger partial charge in [0, 0.05) is 29.4 Å². The quantitative estimate of drug-likeness (QED) is 0.721. The minimum Gasteiger partial charge on any atom is -0.379 e. The molecule has 2 N–H and O–H groups in total. The summed E-state index contributed by atoms with van der Waals surface area (Å²) < 4.78 is 0. The van der Waals surface area contributed by atoms with Crippen molar-refractivity contribution in [1.29, 1.82) is 0 Å². The summed E-state index contributed by atoms with van der Waals surface area (Å²) in [5.41, 5.74) is 3.47. The number of amides is 1. The Balaban J connectivity index is 1.60. The second-order valence-corrected chi connectivity index (χ2v) is 6.01. The van der Waals surface area contributed by atoms with Crippen molar-refractivity contribution in [3.63, 3.8) is 0 Å². The van der Waals surface area contributed by atoms with E-state index in [0.717, 1.165) is 22.1 Å². The lowest BCUT2D eigenvalue weighted by molar-refractivity contribution is 0.0956. The lowest BCUT2D eigenvalue weighted by atomic mass is 10.2. The summed E-state index contributed by atoms with van der Waals surface area (Å²) in [6.45, 7) is 3.16. The first-order valence-corrected chi connectivity index (χ1v) is 8.62. The first-order chi connectivity index (χ1) is 11.8. The fourth-order valence-corrected chi connectivity index (χ4v) is 2.98. The smallest absolute Gasteiger partial charge is 0.251 e. The molecule has 2 heterocycles. The van der Waals surface area contributed by atoms with E-state index in [1.165, 1.54) is 0 Å². The van der Waals surface area contributed by atoms with Crippen molar-refractivity contribution in [2.45, 2.75) is 13.5 Å². The first-order valence-electron chi connectivity index (χ1n) is 7.74. The monoisotopic (exact) mass is 338 g/mol. The normalized spacial score (nSPS) is 10.4. The maximum absolute atomic E-state index is 11.7. The molecule has 0 aliphatic carbocycles. The number of carbonyl (C=O) groups is 1. The van der Waals surface area contributed by atoms with Crippen molar-refractivity contribution >= 4 is 22.9 Å². The Morgan fingerprint density at radius 3 is 2.71 bits per heavy atom. The molecule has 0 fully saturated rings. The van der Waals surface area contributed by atoms with Gasteiger partial charge >= 0.3 is 0 Å². The van der Waals surface area contributed by atoms with E-state index in [1.54, 1.807) is 17.5 Å². The van der Waals surface area contributed by atoms with Crippen molar-refractivity contribution < 1.29 is 4.79 Å². The number of anilines is 1. The molecule has 5 nitrogen and oxygen atoms in total. The Morgan fingerprint density at radius 2 is 2.00 bits per heavy atom. The number of nitrogens with one attached hydrogen (secondary N) is 2. The zero-order valence-corrected chi connectivity index (χ0v) is 14.1. The maximum atomic E-state index is 11.7. The molecule has 6 heteroatoms. The third-order valence-corrected chi connectivity index (χ3v) is 4.31. The van der Waals surface area contributed by atoms with E-state index in [1.807, 2.05) is 54.8 Å². The van der Waals surface area contributed by atoms with Gasteiger partial charge in [-0.3, -0.25) is 9.78 Å². The molecule has 1 amide bonds. The molecule has 24 heavy (non-hydrogen) atoms. The number of hydrogen-bond donors (Lipinski definition) is 2. The molecule has 3 aromatic rings. The topological polar surface area (TPSA) is 66.9 Å². The van der Waals surface area contributed by atoms with E-state index in [9.17, 15) is 4.79 Å². The Bertz CT molecular complexity index is 799. The Morgan fingerprint density at radius 1 is 1.17 bits per heavy atom. The molecule has 0 spiro atoms. The minimum atomic E-state index is -0.0523. The van der Waals surface area contributed by atoms with Gasteiger partial charge in [-0.2, -0.15) is 0 Å². The van der Waals surface area contributed by atoms with Gasteiger partial charge in [0.25, 0.3) is 5.91 Å². The van der Waals surface area contributed by atoms with Gasteiger partial charge in [0.05, 0.1) is 17.9 Å². The highest BCUT2D eigenvalue weighted by molar-refractivity contribution is 7.13. The molecule has 0 aliphatic heterocycles. The standard InChI is InChI=1S/C18H18N4OS/c1-2-19-17(23)13-6-8-14(9-7-13)21-11-15-12-24-18(22-15)16-5-3-4-10-20-16/h3-10,12,21H,2,11H2,1H3,(H,19,23). The van der Waals surface area contributed by atoms with Crippen LogP contribution in [0.2, 0.25) is 0 Å². The van der Waals surface area contributed by atoms with E-state index < -0.39 is 0 Å². The average Bonchev–Trinajstić information content (AvgIpc) is 3.10. The van der Waals surface area contributed by atoms with Gasteiger partial charge in [0.15, 0.2) is 0 Å². The van der Waals surface area contributed by atoms with E-state index >= 15 is 0 Å². The first kappa shape index (κ1) is 16.1. The molecule has 2 aromatic heterocycles. The molecule has 1 aromatic carbocycles. The molecule has 122 valence electrons. The minimum absolute atomic E-state index is 0.0523. The number of pyridine rings is 1. The number of benzene rings is 1. The number of aromatic nitrogens is 2. The van der Waals surface area contributed by atoms with Gasteiger partial charge in [-0.25, -0.2) is 4.98 Å². The molecule has 0 saturated carbocycles. The van der Waals surface area contributed by atoms with Crippen LogP contribution in [0.15, 0.2) is 54.0 Å². The molecule has 0 bridgehead atoms. The summed E-state index contributed by atoms with van der Waals surface area (Å²) in [5.74, 6) is -0.0523. The van der Waals surface area contributed by atoms with Gasteiger partial charge in [-0.15, -0.1) is 11.3 Å². The Labute approximate surface area is 144 Å². The number of nitrogens with zero attached hydrogens (tertiary/aromatic N) is 2. The highest BCUT2D eigenvalue weighted by Crippen LogP contribution is 2.22. The molecular weight excluding hydrogens is 320 g/mol. The van der Waals surface area contributed by atoms with Crippen molar-refractivity contribution in [3.8, 4) is 10.7 Å². The molecule has 0 saturated heterocycles. The molecule has 0 radical (unpaired) electrons. The van der Waals surface area contributed by atoms with Gasteiger partial charge < -0.3 is 10.6 Å². The third-order valence-electron chi connectivity index (χ3n) is 3.39. The number of thiazole rings is 1. The second-order valence-electron chi connectivity index (χ2n) is 5.15. The van der Waals surface area contributed by atoms with Crippen LogP contribution in [-0.4, -0.2) is 22.4 Å². The van der Waals surface area contributed by atoms with E-state index in [0.29, 0.717) is 18.7 Å². The number of carbonyl (C=O) groups excluding carboxylic acids is 1. The average molecular weight is 338 g/mol. The van der Waals surface area contributed by atoms with Gasteiger partial charge in [0.2, 0.25) is 0 Å². The van der Waals surface area contributed by atoms with Crippen LogP contribution in [0.3, 0.4) is 0 Å². The molecular formula is C18H18N4OS. The lowest BCUT2D eigenvalue weighted by Gasteiger charge is -2.06. The van der Waals surface area contributed by atoms with E-state index in [2.05, 4.69) is 20.6 Å². The van der Waals surface area contributed by atoms with Crippen LogP contribution in [-0.2, 0) is 6.54 Å². The molecule has 0 atom stereocenters. The van der Waals surface area contributed by atoms with Crippen LogP contribution in [0, 0.1) is 0 Å².